The van der Waals surface area contributed by atoms with E-state index in [0.29, 0.717) is 0 Å². The minimum atomic E-state index is 0.00823. The molecule has 2 aromatic heterocycles. The van der Waals surface area contributed by atoms with Gasteiger partial charge < -0.3 is 4.90 Å². The van der Waals surface area contributed by atoms with Crippen LogP contribution in [0.3, 0.4) is 0 Å². The van der Waals surface area contributed by atoms with Gasteiger partial charge in [0.05, 0.1) is 16.3 Å². The van der Waals surface area contributed by atoms with E-state index in [4.69, 9.17) is 4.98 Å². The lowest BCUT2D eigenvalue weighted by Gasteiger charge is -2.38. The van der Waals surface area contributed by atoms with Gasteiger partial charge in [0.25, 0.3) is 0 Å². The average Bonchev–Trinajstić information content (AvgIpc) is 3.57. The zero-order chi connectivity index (χ0) is 24.3. The number of hydrogen-bond acceptors (Lipinski definition) is 7. The first-order chi connectivity index (χ1) is 17.7. The molecule has 7 nitrogen and oxygen atoms in total. The summed E-state index contributed by atoms with van der Waals surface area (Å²) < 4.78 is 3.22. The summed E-state index contributed by atoms with van der Waals surface area (Å²) in [5, 5.41) is 14.1. The Morgan fingerprint density at radius 1 is 0.861 bits per heavy atom. The van der Waals surface area contributed by atoms with E-state index in [1.165, 1.54) is 21.4 Å². The SMILES string of the molecule is Cc1ccc([C@H](c2nnnn2CCc2ccccc2)N2CCN(c3nc4ccccc4s3)CC2)cc1. The molecule has 182 valence electrons. The van der Waals surface area contributed by atoms with Crippen molar-refractivity contribution < 1.29 is 0 Å². The highest BCUT2D eigenvalue weighted by Gasteiger charge is 2.31. The molecule has 6 rings (SSSR count). The standard InChI is InChI=1S/C28H29N7S/c1-21-11-13-23(14-12-21)26(27-30-31-32-35(27)16-15-22-7-3-2-4-8-22)33-17-19-34(20-18-33)28-29-24-9-5-6-10-25(24)36-28/h2-14,26H,15-20H2,1H3/t26-/m1/s1. The molecule has 0 saturated carbocycles. The zero-order valence-electron chi connectivity index (χ0n) is 20.4. The topological polar surface area (TPSA) is 63.0 Å². The van der Waals surface area contributed by atoms with E-state index in [1.54, 1.807) is 11.3 Å². The van der Waals surface area contributed by atoms with Crippen LogP contribution in [-0.4, -0.2) is 56.3 Å². The summed E-state index contributed by atoms with van der Waals surface area (Å²) in [4.78, 5) is 9.80. The lowest BCUT2D eigenvalue weighted by atomic mass is 10.0. The van der Waals surface area contributed by atoms with Crippen LogP contribution in [0, 0.1) is 6.92 Å². The van der Waals surface area contributed by atoms with Crippen LogP contribution < -0.4 is 4.90 Å². The Kier molecular flexibility index (Phi) is 6.44. The van der Waals surface area contributed by atoms with E-state index >= 15 is 0 Å². The molecule has 0 radical (unpaired) electrons. The summed E-state index contributed by atoms with van der Waals surface area (Å²) in [7, 11) is 0. The summed E-state index contributed by atoms with van der Waals surface area (Å²) in [6, 6.07) is 27.7. The molecule has 3 aromatic carbocycles. The van der Waals surface area contributed by atoms with Crippen LogP contribution >= 0.6 is 11.3 Å². The Morgan fingerprint density at radius 2 is 1.61 bits per heavy atom. The number of aromatic nitrogens is 5. The first-order valence-electron chi connectivity index (χ1n) is 12.5. The summed E-state index contributed by atoms with van der Waals surface area (Å²) in [6.07, 6.45) is 0.894. The molecule has 0 N–H and O–H groups in total. The van der Waals surface area contributed by atoms with Crippen molar-refractivity contribution in [1.29, 1.82) is 0 Å². The minimum absolute atomic E-state index is 0.00823. The molecule has 1 fully saturated rings. The van der Waals surface area contributed by atoms with E-state index in [9.17, 15) is 0 Å². The molecule has 0 bridgehead atoms. The number of benzene rings is 3. The first kappa shape index (κ1) is 22.8. The lowest BCUT2D eigenvalue weighted by molar-refractivity contribution is 0.200. The van der Waals surface area contributed by atoms with Crippen LogP contribution in [0.2, 0.25) is 0 Å². The highest BCUT2D eigenvalue weighted by Crippen LogP contribution is 2.32. The fourth-order valence-corrected chi connectivity index (χ4v) is 5.90. The second-order valence-corrected chi connectivity index (χ2v) is 10.3. The summed E-state index contributed by atoms with van der Waals surface area (Å²) in [6.45, 7) is 6.56. The van der Waals surface area contributed by atoms with Gasteiger partial charge in [-0.2, -0.15) is 0 Å². The van der Waals surface area contributed by atoms with Crippen LogP contribution in [0.1, 0.15) is 28.6 Å². The molecule has 1 saturated heterocycles. The molecule has 1 aliphatic heterocycles. The molecule has 1 atom stereocenters. The third kappa shape index (κ3) is 4.74. The average molecular weight is 496 g/mol. The normalized spacial score (nSPS) is 15.4. The van der Waals surface area contributed by atoms with Gasteiger partial charge in [-0.1, -0.05) is 83.6 Å². The van der Waals surface area contributed by atoms with E-state index < -0.39 is 0 Å². The van der Waals surface area contributed by atoms with E-state index in [1.807, 2.05) is 10.7 Å². The van der Waals surface area contributed by atoms with E-state index in [-0.39, 0.29) is 6.04 Å². The van der Waals surface area contributed by atoms with Crippen LogP contribution in [0.5, 0.6) is 0 Å². The molecule has 0 amide bonds. The number of tetrazole rings is 1. The highest BCUT2D eigenvalue weighted by atomic mass is 32.1. The monoisotopic (exact) mass is 495 g/mol. The van der Waals surface area contributed by atoms with Crippen LogP contribution in [-0.2, 0) is 13.0 Å². The predicted octanol–water partition coefficient (Wildman–Crippen LogP) is 4.75. The number of anilines is 1. The van der Waals surface area contributed by atoms with Gasteiger partial charge in [-0.3, -0.25) is 4.90 Å². The van der Waals surface area contributed by atoms with Gasteiger partial charge in [-0.15, -0.1) is 5.10 Å². The number of para-hydroxylation sites is 1. The summed E-state index contributed by atoms with van der Waals surface area (Å²) in [5.74, 6) is 0.906. The lowest BCUT2D eigenvalue weighted by Crippen LogP contribution is -2.48. The second-order valence-electron chi connectivity index (χ2n) is 9.30. The molecule has 36 heavy (non-hydrogen) atoms. The number of piperazine rings is 1. The molecule has 0 spiro atoms. The summed E-state index contributed by atoms with van der Waals surface area (Å²) in [5.41, 5.74) is 4.84. The fourth-order valence-electron chi connectivity index (χ4n) is 4.88. The number of fused-ring (bicyclic) bond motifs is 1. The molecule has 8 heteroatoms. The fraction of sp³-hybridized carbons (Fsp3) is 0.286. The first-order valence-corrected chi connectivity index (χ1v) is 13.3. The predicted molar refractivity (Wildman–Crippen MR) is 144 cm³/mol. The van der Waals surface area contributed by atoms with E-state index in [0.717, 1.165) is 55.6 Å². The van der Waals surface area contributed by atoms with Crippen molar-refractivity contribution in [2.75, 3.05) is 31.1 Å². The largest absolute Gasteiger partial charge is 0.345 e. The van der Waals surface area contributed by atoms with Crippen molar-refractivity contribution in [3.05, 3.63) is 101 Å². The Morgan fingerprint density at radius 3 is 2.39 bits per heavy atom. The third-order valence-electron chi connectivity index (χ3n) is 6.88. The van der Waals surface area contributed by atoms with Gasteiger partial charge in [0, 0.05) is 32.7 Å². The Bertz CT molecular complexity index is 1390. The van der Waals surface area contributed by atoms with Gasteiger partial charge in [0.2, 0.25) is 0 Å². The quantitative estimate of drug-likeness (QED) is 0.325. The van der Waals surface area contributed by atoms with E-state index in [2.05, 4.69) is 105 Å². The number of hydrogen-bond donors (Lipinski definition) is 0. The maximum Gasteiger partial charge on any atom is 0.186 e. The molecule has 0 aliphatic carbocycles. The zero-order valence-corrected chi connectivity index (χ0v) is 21.2. The maximum absolute atomic E-state index is 4.88. The van der Waals surface area contributed by atoms with Gasteiger partial charge in [0.15, 0.2) is 11.0 Å². The van der Waals surface area contributed by atoms with Crippen molar-refractivity contribution in [2.24, 2.45) is 0 Å². The number of rotatable bonds is 7. The maximum atomic E-state index is 4.88. The van der Waals surface area contributed by atoms with Crippen LogP contribution in [0.25, 0.3) is 10.2 Å². The van der Waals surface area contributed by atoms with Gasteiger partial charge in [-0.05, 0) is 47.0 Å². The smallest absolute Gasteiger partial charge is 0.186 e. The molecule has 0 unspecified atom stereocenters. The van der Waals surface area contributed by atoms with Crippen molar-refractivity contribution in [3.63, 3.8) is 0 Å². The Labute approximate surface area is 215 Å². The highest BCUT2D eigenvalue weighted by molar-refractivity contribution is 7.22. The third-order valence-corrected chi connectivity index (χ3v) is 7.98. The van der Waals surface area contributed by atoms with Gasteiger partial charge in [0.1, 0.15) is 0 Å². The molecular formula is C28H29N7S. The molecule has 3 heterocycles. The van der Waals surface area contributed by atoms with Crippen molar-refractivity contribution in [2.45, 2.75) is 25.9 Å². The van der Waals surface area contributed by atoms with Gasteiger partial charge in [-0.25, -0.2) is 9.67 Å². The van der Waals surface area contributed by atoms with Gasteiger partial charge >= 0.3 is 0 Å². The number of aryl methyl sites for hydroxylation is 3. The summed E-state index contributed by atoms with van der Waals surface area (Å²) >= 11 is 1.78. The second kappa shape index (κ2) is 10.2. The number of thiazole rings is 1. The Hall–Kier alpha value is -3.62. The molecular weight excluding hydrogens is 466 g/mol. The van der Waals surface area contributed by atoms with Crippen LogP contribution in [0.15, 0.2) is 78.9 Å². The molecule has 5 aromatic rings. The molecule has 1 aliphatic rings. The number of nitrogens with zero attached hydrogens (tertiary/aromatic N) is 7. The Balaban J connectivity index is 1.24. The van der Waals surface area contributed by atoms with Crippen molar-refractivity contribution in [3.8, 4) is 0 Å². The minimum Gasteiger partial charge on any atom is -0.345 e. The van der Waals surface area contributed by atoms with Crippen LogP contribution in [0.4, 0.5) is 5.13 Å². The van der Waals surface area contributed by atoms with Crippen molar-refractivity contribution in [1.82, 2.24) is 30.1 Å². The van der Waals surface area contributed by atoms with Crippen molar-refractivity contribution >= 4 is 26.7 Å².